The zero-order valence-electron chi connectivity index (χ0n) is 16.4. The number of halogens is 1. The summed E-state index contributed by atoms with van der Waals surface area (Å²) in [5, 5.41) is 8.91. The number of hydrogen-bond acceptors (Lipinski definition) is 4. The number of fused-ring (bicyclic) bond motifs is 3. The van der Waals surface area contributed by atoms with Crippen molar-refractivity contribution in [1.82, 2.24) is 19.9 Å². The van der Waals surface area contributed by atoms with E-state index in [1.165, 1.54) is 0 Å². The Labute approximate surface area is 171 Å². The minimum absolute atomic E-state index is 0. The molecule has 1 aromatic carbocycles. The Hall–Kier alpha value is -2.18. The molecule has 0 saturated heterocycles. The summed E-state index contributed by atoms with van der Waals surface area (Å²) in [6, 6.07) is 8.62. The second-order valence-corrected chi connectivity index (χ2v) is 7.69. The first-order valence-electron chi connectivity index (χ1n) is 9.81. The fraction of sp³-hybridized carbons (Fsp3) is 0.476. The quantitative estimate of drug-likeness (QED) is 0.702. The number of hydrogen-bond donors (Lipinski definition) is 2. The zero-order chi connectivity index (χ0) is 19.0. The van der Waals surface area contributed by atoms with Gasteiger partial charge in [-0.2, -0.15) is 5.10 Å². The van der Waals surface area contributed by atoms with Gasteiger partial charge in [0.05, 0.1) is 5.52 Å². The van der Waals surface area contributed by atoms with E-state index in [0.29, 0.717) is 18.9 Å². The number of amides is 1. The van der Waals surface area contributed by atoms with Crippen molar-refractivity contribution in [2.75, 3.05) is 0 Å². The molecule has 28 heavy (non-hydrogen) atoms. The van der Waals surface area contributed by atoms with Crippen LogP contribution in [0.15, 0.2) is 24.3 Å². The average molecular weight is 402 g/mol. The highest BCUT2D eigenvalue weighted by atomic mass is 35.5. The van der Waals surface area contributed by atoms with Gasteiger partial charge in [-0.05, 0) is 63.6 Å². The van der Waals surface area contributed by atoms with Crippen LogP contribution in [-0.4, -0.2) is 32.6 Å². The third kappa shape index (κ3) is 3.98. The second kappa shape index (κ2) is 8.45. The normalized spacial score (nSPS) is 19.5. The van der Waals surface area contributed by atoms with E-state index in [4.69, 9.17) is 10.7 Å². The van der Waals surface area contributed by atoms with Crippen LogP contribution in [0.5, 0.6) is 0 Å². The zero-order valence-corrected chi connectivity index (χ0v) is 17.3. The molecule has 0 atom stereocenters. The maximum Gasteiger partial charge on any atom is 0.220 e. The molecule has 0 unspecified atom stereocenters. The van der Waals surface area contributed by atoms with Crippen LogP contribution < -0.4 is 11.1 Å². The van der Waals surface area contributed by atoms with Crippen LogP contribution in [0, 0.1) is 13.8 Å². The molecule has 6 nitrogen and oxygen atoms in total. The molecule has 7 heteroatoms. The minimum Gasteiger partial charge on any atom is -0.353 e. The molecular weight excluding hydrogens is 374 g/mol. The van der Waals surface area contributed by atoms with E-state index in [-0.39, 0.29) is 24.4 Å². The number of nitrogens with zero attached hydrogens (tertiary/aromatic N) is 3. The fourth-order valence-corrected chi connectivity index (χ4v) is 4.14. The van der Waals surface area contributed by atoms with E-state index in [9.17, 15) is 4.79 Å². The Morgan fingerprint density at radius 3 is 2.68 bits per heavy atom. The van der Waals surface area contributed by atoms with Gasteiger partial charge >= 0.3 is 0 Å². The van der Waals surface area contributed by atoms with Gasteiger partial charge in [0.1, 0.15) is 0 Å². The molecule has 1 aliphatic rings. The molecule has 0 aliphatic heterocycles. The highest BCUT2D eigenvalue weighted by Gasteiger charge is 2.20. The van der Waals surface area contributed by atoms with E-state index in [1.807, 2.05) is 35.7 Å². The molecular formula is C21H28ClN5O. The molecule has 2 heterocycles. The summed E-state index contributed by atoms with van der Waals surface area (Å²) < 4.78 is 1.91. The number of nitrogens with two attached hydrogens (primary N) is 1. The first-order valence-corrected chi connectivity index (χ1v) is 9.81. The van der Waals surface area contributed by atoms with E-state index in [2.05, 4.69) is 17.3 Å². The SMILES string of the molecule is Cc1nc2c3ccccc3nn2c(C)c1CCC(=O)NC1CCC(N)CC1.Cl. The molecule has 0 spiro atoms. The van der Waals surface area contributed by atoms with Gasteiger partial charge in [-0.1, -0.05) is 12.1 Å². The number of nitrogens with one attached hydrogen (secondary N) is 1. The van der Waals surface area contributed by atoms with Gasteiger partial charge in [0, 0.05) is 35.3 Å². The lowest BCUT2D eigenvalue weighted by Crippen LogP contribution is -2.40. The number of aromatic nitrogens is 3. The number of rotatable bonds is 4. The first kappa shape index (κ1) is 20.6. The van der Waals surface area contributed by atoms with Gasteiger partial charge in [0.25, 0.3) is 0 Å². The number of carbonyl (C=O) groups is 1. The van der Waals surface area contributed by atoms with Crippen LogP contribution >= 0.6 is 12.4 Å². The van der Waals surface area contributed by atoms with Gasteiger partial charge < -0.3 is 11.1 Å². The summed E-state index contributed by atoms with van der Waals surface area (Å²) in [4.78, 5) is 17.2. The summed E-state index contributed by atoms with van der Waals surface area (Å²) in [6.07, 6.45) is 5.11. The topological polar surface area (TPSA) is 85.3 Å². The van der Waals surface area contributed by atoms with Gasteiger partial charge in [0.15, 0.2) is 5.65 Å². The average Bonchev–Trinajstić information content (AvgIpc) is 3.02. The molecule has 150 valence electrons. The van der Waals surface area contributed by atoms with Gasteiger partial charge in [-0.3, -0.25) is 4.79 Å². The first-order chi connectivity index (χ1) is 13.0. The molecule has 1 fully saturated rings. The third-order valence-electron chi connectivity index (χ3n) is 5.76. The molecule has 3 aromatic rings. The van der Waals surface area contributed by atoms with Crippen molar-refractivity contribution in [3.63, 3.8) is 0 Å². The van der Waals surface area contributed by atoms with Crippen molar-refractivity contribution >= 4 is 34.9 Å². The highest BCUT2D eigenvalue weighted by Crippen LogP contribution is 2.23. The van der Waals surface area contributed by atoms with Crippen molar-refractivity contribution < 1.29 is 4.79 Å². The van der Waals surface area contributed by atoms with Crippen molar-refractivity contribution in [2.45, 2.75) is 64.5 Å². The number of carbonyl (C=O) groups excluding carboxylic acids is 1. The number of benzene rings is 1. The lowest BCUT2D eigenvalue weighted by atomic mass is 9.91. The molecule has 1 amide bonds. The van der Waals surface area contributed by atoms with Crippen molar-refractivity contribution in [3.8, 4) is 0 Å². The maximum absolute atomic E-state index is 12.4. The van der Waals surface area contributed by atoms with Crippen molar-refractivity contribution in [1.29, 1.82) is 0 Å². The summed E-state index contributed by atoms with van der Waals surface area (Å²) >= 11 is 0. The Kier molecular flexibility index (Phi) is 6.20. The standard InChI is InChI=1S/C21H27N5O.ClH/c1-13-17(11-12-20(27)24-16-9-7-15(22)8-10-16)14(2)26-21(23-13)18-5-3-4-6-19(18)25-26;/h3-6,15-16H,7-12,22H2,1-2H3,(H,24,27);1H. The molecule has 1 saturated carbocycles. The second-order valence-electron chi connectivity index (χ2n) is 7.69. The van der Waals surface area contributed by atoms with E-state index in [0.717, 1.165) is 59.2 Å². The smallest absolute Gasteiger partial charge is 0.220 e. The minimum atomic E-state index is 0. The molecule has 3 N–H and O–H groups in total. The Morgan fingerprint density at radius 1 is 1.21 bits per heavy atom. The van der Waals surface area contributed by atoms with E-state index < -0.39 is 0 Å². The monoisotopic (exact) mass is 401 g/mol. The summed E-state index contributed by atoms with van der Waals surface area (Å²) in [7, 11) is 0. The molecule has 4 rings (SSSR count). The van der Waals surface area contributed by atoms with Crippen molar-refractivity contribution in [2.24, 2.45) is 5.73 Å². The predicted molar refractivity (Wildman–Crippen MR) is 114 cm³/mol. The Morgan fingerprint density at radius 2 is 1.93 bits per heavy atom. The van der Waals surface area contributed by atoms with Crippen LogP contribution in [0.25, 0.3) is 16.6 Å². The van der Waals surface area contributed by atoms with Crippen LogP contribution in [-0.2, 0) is 11.2 Å². The number of aryl methyl sites for hydroxylation is 2. The molecule has 0 bridgehead atoms. The van der Waals surface area contributed by atoms with E-state index in [1.54, 1.807) is 0 Å². The molecule has 1 aliphatic carbocycles. The maximum atomic E-state index is 12.4. The van der Waals surface area contributed by atoms with Gasteiger partial charge in [0.2, 0.25) is 5.91 Å². The summed E-state index contributed by atoms with van der Waals surface area (Å²) in [6.45, 7) is 4.08. The lowest BCUT2D eigenvalue weighted by molar-refractivity contribution is -0.122. The van der Waals surface area contributed by atoms with E-state index >= 15 is 0 Å². The molecule has 2 aromatic heterocycles. The summed E-state index contributed by atoms with van der Waals surface area (Å²) in [5.41, 5.74) is 10.9. The lowest BCUT2D eigenvalue weighted by Gasteiger charge is -2.26. The van der Waals surface area contributed by atoms with Crippen LogP contribution in [0.2, 0.25) is 0 Å². The van der Waals surface area contributed by atoms with Crippen LogP contribution in [0.1, 0.15) is 49.1 Å². The van der Waals surface area contributed by atoms with Crippen LogP contribution in [0.4, 0.5) is 0 Å². The summed E-state index contributed by atoms with van der Waals surface area (Å²) in [5.74, 6) is 0.111. The van der Waals surface area contributed by atoms with Gasteiger partial charge in [-0.15, -0.1) is 12.4 Å². The Balaban J connectivity index is 0.00000225. The fourth-order valence-electron chi connectivity index (χ4n) is 4.14. The predicted octanol–water partition coefficient (Wildman–Crippen LogP) is 3.24. The largest absolute Gasteiger partial charge is 0.353 e. The van der Waals surface area contributed by atoms with Gasteiger partial charge in [-0.25, -0.2) is 9.50 Å². The Bertz CT molecular complexity index is 991. The van der Waals surface area contributed by atoms with Crippen molar-refractivity contribution in [3.05, 3.63) is 41.2 Å². The van der Waals surface area contributed by atoms with Crippen LogP contribution in [0.3, 0.4) is 0 Å². The highest BCUT2D eigenvalue weighted by molar-refractivity contribution is 5.92. The molecule has 0 radical (unpaired) electrons. The third-order valence-corrected chi connectivity index (χ3v) is 5.76.